The highest BCUT2D eigenvalue weighted by molar-refractivity contribution is 5.96. The van der Waals surface area contributed by atoms with Gasteiger partial charge in [0, 0.05) is 29.2 Å². The predicted molar refractivity (Wildman–Crippen MR) is 103 cm³/mol. The third-order valence-electron chi connectivity index (χ3n) is 4.18. The van der Waals surface area contributed by atoms with Crippen LogP contribution in [0.3, 0.4) is 0 Å². The van der Waals surface area contributed by atoms with Crippen LogP contribution in [0.5, 0.6) is 0 Å². The first kappa shape index (κ1) is 17.7. The van der Waals surface area contributed by atoms with Crippen molar-refractivity contribution in [1.29, 1.82) is 0 Å². The van der Waals surface area contributed by atoms with Crippen LogP contribution in [0.25, 0.3) is 11.0 Å². The van der Waals surface area contributed by atoms with Gasteiger partial charge in [-0.3, -0.25) is 9.59 Å². The molecule has 3 aromatic rings. The molecule has 2 aromatic carbocycles. The highest BCUT2D eigenvalue weighted by atomic mass is 16.3. The van der Waals surface area contributed by atoms with Gasteiger partial charge >= 0.3 is 0 Å². The normalized spacial score (nSPS) is 10.9. The van der Waals surface area contributed by atoms with Crippen molar-refractivity contribution in [2.75, 3.05) is 10.6 Å². The maximum absolute atomic E-state index is 12.4. The summed E-state index contributed by atoms with van der Waals surface area (Å²) >= 11 is 0. The van der Waals surface area contributed by atoms with Gasteiger partial charge in [-0.2, -0.15) is 0 Å². The zero-order valence-corrected chi connectivity index (χ0v) is 15.1. The minimum atomic E-state index is -0.130. The fourth-order valence-corrected chi connectivity index (χ4v) is 2.81. The molecule has 0 radical (unpaired) electrons. The number of hydrogen-bond acceptors (Lipinski definition) is 3. The van der Waals surface area contributed by atoms with E-state index in [0.717, 1.165) is 16.5 Å². The Kier molecular flexibility index (Phi) is 5.07. The quantitative estimate of drug-likeness (QED) is 0.701. The summed E-state index contributed by atoms with van der Waals surface area (Å²) in [6.07, 6.45) is 1.89. The second-order valence-corrected chi connectivity index (χ2v) is 6.65. The number of carbonyl (C=O) groups is 2. The van der Waals surface area contributed by atoms with Gasteiger partial charge < -0.3 is 15.1 Å². The average molecular weight is 350 g/mol. The maximum Gasteiger partial charge on any atom is 0.228 e. The van der Waals surface area contributed by atoms with E-state index in [4.69, 9.17) is 4.42 Å². The molecule has 0 aliphatic rings. The van der Waals surface area contributed by atoms with E-state index in [1.54, 1.807) is 30.5 Å². The van der Waals surface area contributed by atoms with Gasteiger partial charge in [0.25, 0.3) is 0 Å². The molecule has 5 nitrogen and oxygen atoms in total. The van der Waals surface area contributed by atoms with E-state index < -0.39 is 0 Å². The van der Waals surface area contributed by atoms with Crippen molar-refractivity contribution in [1.82, 2.24) is 0 Å². The molecule has 1 aromatic heterocycles. The first-order valence-electron chi connectivity index (χ1n) is 8.60. The molecule has 0 saturated heterocycles. The largest absolute Gasteiger partial charge is 0.464 e. The molecule has 0 fully saturated rings. The number of amides is 2. The number of benzene rings is 2. The van der Waals surface area contributed by atoms with Crippen LogP contribution >= 0.6 is 0 Å². The standard InChI is InChI=1S/C21H22N2O3/c1-13(2)15-4-9-20-19(10-15)16(12-26-20)11-21(25)23-18-7-5-17(6-8-18)22-14(3)24/h4-10,12-13H,11H2,1-3H3,(H,22,24)(H,23,25). The molecule has 0 aliphatic carbocycles. The summed E-state index contributed by atoms with van der Waals surface area (Å²) in [4.78, 5) is 23.4. The van der Waals surface area contributed by atoms with Crippen molar-refractivity contribution in [2.24, 2.45) is 0 Å². The molecule has 26 heavy (non-hydrogen) atoms. The number of furan rings is 1. The van der Waals surface area contributed by atoms with Gasteiger partial charge in [-0.15, -0.1) is 0 Å². The molecule has 0 saturated carbocycles. The van der Waals surface area contributed by atoms with E-state index in [9.17, 15) is 9.59 Å². The SMILES string of the molecule is CC(=O)Nc1ccc(NC(=O)Cc2coc3ccc(C(C)C)cc23)cc1. The second-order valence-electron chi connectivity index (χ2n) is 6.65. The van der Waals surface area contributed by atoms with E-state index in [0.29, 0.717) is 17.3 Å². The van der Waals surface area contributed by atoms with Gasteiger partial charge in [-0.25, -0.2) is 0 Å². The highest BCUT2D eigenvalue weighted by Crippen LogP contribution is 2.26. The van der Waals surface area contributed by atoms with Gasteiger partial charge in [0.15, 0.2) is 0 Å². The molecule has 2 N–H and O–H groups in total. The lowest BCUT2D eigenvalue weighted by Gasteiger charge is -2.07. The minimum Gasteiger partial charge on any atom is -0.464 e. The fraction of sp³-hybridized carbons (Fsp3) is 0.238. The molecule has 134 valence electrons. The van der Waals surface area contributed by atoms with Crippen LogP contribution in [0, 0.1) is 0 Å². The first-order chi connectivity index (χ1) is 12.4. The van der Waals surface area contributed by atoms with Crippen LogP contribution in [0.15, 0.2) is 53.1 Å². The Morgan fingerprint density at radius 1 is 1.00 bits per heavy atom. The number of anilines is 2. The topological polar surface area (TPSA) is 71.3 Å². The Balaban J connectivity index is 1.71. The molecule has 3 rings (SSSR count). The van der Waals surface area contributed by atoms with E-state index in [-0.39, 0.29) is 18.2 Å². The van der Waals surface area contributed by atoms with Gasteiger partial charge in [0.2, 0.25) is 11.8 Å². The molecule has 0 bridgehead atoms. The molecular weight excluding hydrogens is 328 g/mol. The molecule has 1 heterocycles. The Labute approximate surface area is 152 Å². The lowest BCUT2D eigenvalue weighted by molar-refractivity contribution is -0.116. The van der Waals surface area contributed by atoms with Crippen LogP contribution in [0.1, 0.15) is 37.8 Å². The van der Waals surface area contributed by atoms with Gasteiger partial charge in [-0.05, 0) is 47.9 Å². The Hall–Kier alpha value is -3.08. The van der Waals surface area contributed by atoms with Crippen LogP contribution < -0.4 is 10.6 Å². The molecule has 2 amide bonds. The van der Waals surface area contributed by atoms with Gasteiger partial charge in [0.1, 0.15) is 5.58 Å². The third-order valence-corrected chi connectivity index (χ3v) is 4.18. The summed E-state index contributed by atoms with van der Waals surface area (Å²) in [6, 6.07) is 13.1. The summed E-state index contributed by atoms with van der Waals surface area (Å²) < 4.78 is 5.57. The maximum atomic E-state index is 12.4. The monoisotopic (exact) mass is 350 g/mol. The molecule has 0 spiro atoms. The molecular formula is C21H22N2O3. The van der Waals surface area contributed by atoms with Gasteiger partial charge in [0.05, 0.1) is 12.7 Å². The van der Waals surface area contributed by atoms with Crippen LogP contribution in [-0.4, -0.2) is 11.8 Å². The number of hydrogen-bond donors (Lipinski definition) is 2. The summed E-state index contributed by atoms with van der Waals surface area (Å²) in [5.74, 6) is 0.169. The molecule has 0 atom stereocenters. The Morgan fingerprint density at radius 3 is 2.27 bits per heavy atom. The van der Waals surface area contributed by atoms with Crippen molar-refractivity contribution in [3.63, 3.8) is 0 Å². The van der Waals surface area contributed by atoms with Crippen molar-refractivity contribution in [2.45, 2.75) is 33.1 Å². The zero-order valence-electron chi connectivity index (χ0n) is 15.1. The fourth-order valence-electron chi connectivity index (χ4n) is 2.81. The summed E-state index contributed by atoms with van der Waals surface area (Å²) in [5.41, 5.74) is 4.25. The zero-order chi connectivity index (χ0) is 18.7. The third kappa shape index (κ3) is 4.11. The van der Waals surface area contributed by atoms with Crippen molar-refractivity contribution < 1.29 is 14.0 Å². The first-order valence-corrected chi connectivity index (χ1v) is 8.60. The van der Waals surface area contributed by atoms with Crippen LogP contribution in [0.2, 0.25) is 0 Å². The smallest absolute Gasteiger partial charge is 0.228 e. The van der Waals surface area contributed by atoms with Crippen molar-refractivity contribution >= 4 is 34.2 Å². The minimum absolute atomic E-state index is 0.116. The van der Waals surface area contributed by atoms with Crippen LogP contribution in [-0.2, 0) is 16.0 Å². The Morgan fingerprint density at radius 2 is 1.65 bits per heavy atom. The lowest BCUT2D eigenvalue weighted by Crippen LogP contribution is -2.14. The number of carbonyl (C=O) groups excluding carboxylic acids is 2. The van der Waals surface area contributed by atoms with Crippen molar-refractivity contribution in [3.8, 4) is 0 Å². The van der Waals surface area contributed by atoms with Crippen LogP contribution in [0.4, 0.5) is 11.4 Å². The van der Waals surface area contributed by atoms with E-state index in [1.807, 2.05) is 6.07 Å². The van der Waals surface area contributed by atoms with E-state index >= 15 is 0 Å². The Bertz CT molecular complexity index is 940. The van der Waals surface area contributed by atoms with E-state index in [1.165, 1.54) is 12.5 Å². The van der Waals surface area contributed by atoms with Gasteiger partial charge in [-0.1, -0.05) is 19.9 Å². The number of nitrogens with one attached hydrogen (secondary N) is 2. The predicted octanol–water partition coefficient (Wildman–Crippen LogP) is 4.70. The second kappa shape index (κ2) is 7.44. The summed E-state index contributed by atoms with van der Waals surface area (Å²) in [7, 11) is 0. The molecule has 0 aliphatic heterocycles. The number of rotatable bonds is 5. The molecule has 0 unspecified atom stereocenters. The van der Waals surface area contributed by atoms with Crippen molar-refractivity contribution in [3.05, 3.63) is 59.9 Å². The average Bonchev–Trinajstić information content (AvgIpc) is 2.98. The van der Waals surface area contributed by atoms with E-state index in [2.05, 4.69) is 36.6 Å². The summed E-state index contributed by atoms with van der Waals surface area (Å²) in [5, 5.41) is 6.54. The number of fused-ring (bicyclic) bond motifs is 1. The lowest BCUT2D eigenvalue weighted by atomic mass is 10.00. The highest BCUT2D eigenvalue weighted by Gasteiger charge is 2.12. The summed E-state index contributed by atoms with van der Waals surface area (Å²) in [6.45, 7) is 5.73. The molecule has 5 heteroatoms.